The number of fused-ring (bicyclic) bond motifs is 1. The van der Waals surface area contributed by atoms with Crippen LogP contribution in [-0.4, -0.2) is 37.5 Å². The summed E-state index contributed by atoms with van der Waals surface area (Å²) in [5, 5.41) is 19.9. The van der Waals surface area contributed by atoms with Crippen LogP contribution in [0.2, 0.25) is 0 Å². The number of benzene rings is 2. The molecule has 136 valence electrons. The molecule has 2 N–H and O–H groups in total. The molecule has 1 aromatic heterocycles. The Balaban J connectivity index is 1.80. The number of hydrogen-bond donors (Lipinski definition) is 2. The summed E-state index contributed by atoms with van der Waals surface area (Å²) in [6.45, 7) is 0. The number of phenols is 1. The summed E-state index contributed by atoms with van der Waals surface area (Å²) in [4.78, 5) is 24.8. The van der Waals surface area contributed by atoms with Crippen LogP contribution >= 0.6 is 24.0 Å². The first-order valence-electron chi connectivity index (χ1n) is 8.05. The molecule has 9 heteroatoms. The van der Waals surface area contributed by atoms with E-state index in [1.165, 1.54) is 22.8 Å². The van der Waals surface area contributed by atoms with Crippen molar-refractivity contribution in [1.82, 2.24) is 14.9 Å². The second-order valence-corrected chi connectivity index (χ2v) is 7.20. The number of nitrogens with zero attached hydrogens (tertiary/aromatic N) is 3. The SMILES string of the molecule is O=C1CSCN1n1c(=S)[nH]nc(/C=C/c2c(O)ccc3ccccc23)c1=O. The highest BCUT2D eigenvalue weighted by molar-refractivity contribution is 8.00. The number of aromatic amines is 1. The number of phenolic OH excluding ortho intramolecular Hbond substituents is 1. The van der Waals surface area contributed by atoms with Crippen molar-refractivity contribution in [2.45, 2.75) is 0 Å². The Morgan fingerprint density at radius 1 is 1.19 bits per heavy atom. The van der Waals surface area contributed by atoms with E-state index in [0.29, 0.717) is 17.2 Å². The van der Waals surface area contributed by atoms with Gasteiger partial charge in [-0.3, -0.25) is 14.7 Å². The van der Waals surface area contributed by atoms with Gasteiger partial charge in [0.15, 0.2) is 5.69 Å². The zero-order valence-corrected chi connectivity index (χ0v) is 15.6. The molecule has 1 amide bonds. The van der Waals surface area contributed by atoms with E-state index in [9.17, 15) is 14.7 Å². The van der Waals surface area contributed by atoms with Crippen molar-refractivity contribution in [3.05, 3.63) is 62.8 Å². The number of aromatic nitrogens is 3. The topological polar surface area (TPSA) is 91.2 Å². The maximum atomic E-state index is 12.8. The Labute approximate surface area is 162 Å². The molecule has 2 heterocycles. The van der Waals surface area contributed by atoms with Gasteiger partial charge in [-0.15, -0.1) is 11.8 Å². The van der Waals surface area contributed by atoms with Gasteiger partial charge in [0, 0.05) is 5.56 Å². The first kappa shape index (κ1) is 17.5. The molecule has 3 aromatic rings. The van der Waals surface area contributed by atoms with Gasteiger partial charge in [0.25, 0.3) is 11.5 Å². The van der Waals surface area contributed by atoms with Crippen LogP contribution in [0.1, 0.15) is 11.3 Å². The van der Waals surface area contributed by atoms with Crippen molar-refractivity contribution in [3.8, 4) is 5.75 Å². The molecule has 7 nitrogen and oxygen atoms in total. The van der Waals surface area contributed by atoms with Crippen LogP contribution in [0.25, 0.3) is 22.9 Å². The minimum Gasteiger partial charge on any atom is -0.507 e. The van der Waals surface area contributed by atoms with Crippen LogP contribution in [-0.2, 0) is 4.79 Å². The molecule has 1 fully saturated rings. The predicted molar refractivity (Wildman–Crippen MR) is 109 cm³/mol. The molecule has 0 radical (unpaired) electrons. The van der Waals surface area contributed by atoms with E-state index in [1.54, 1.807) is 12.1 Å². The lowest BCUT2D eigenvalue weighted by Crippen LogP contribution is -2.45. The lowest BCUT2D eigenvalue weighted by molar-refractivity contribution is -0.117. The summed E-state index contributed by atoms with van der Waals surface area (Å²) >= 11 is 6.53. The minimum atomic E-state index is -0.495. The fourth-order valence-electron chi connectivity index (χ4n) is 2.89. The van der Waals surface area contributed by atoms with E-state index in [1.807, 2.05) is 30.3 Å². The van der Waals surface area contributed by atoms with E-state index in [4.69, 9.17) is 12.2 Å². The van der Waals surface area contributed by atoms with Gasteiger partial charge in [0.1, 0.15) is 5.75 Å². The van der Waals surface area contributed by atoms with Crippen molar-refractivity contribution in [3.63, 3.8) is 0 Å². The van der Waals surface area contributed by atoms with Gasteiger partial charge in [-0.05, 0) is 41.2 Å². The number of hydrogen-bond acceptors (Lipinski definition) is 6. The molecular weight excluding hydrogens is 384 g/mol. The van der Waals surface area contributed by atoms with Crippen molar-refractivity contribution < 1.29 is 9.90 Å². The molecule has 0 atom stereocenters. The molecule has 0 bridgehead atoms. The normalized spacial score (nSPS) is 14.5. The molecule has 1 aliphatic rings. The van der Waals surface area contributed by atoms with Gasteiger partial charge >= 0.3 is 0 Å². The monoisotopic (exact) mass is 398 g/mol. The van der Waals surface area contributed by atoms with Crippen molar-refractivity contribution in [1.29, 1.82) is 0 Å². The second-order valence-electron chi connectivity index (χ2n) is 5.85. The van der Waals surface area contributed by atoms with Crippen LogP contribution in [0.15, 0.2) is 41.2 Å². The average molecular weight is 398 g/mol. The summed E-state index contributed by atoms with van der Waals surface area (Å²) in [6, 6.07) is 11.0. The maximum Gasteiger partial charge on any atom is 0.299 e. The minimum absolute atomic E-state index is 0.0565. The summed E-state index contributed by atoms with van der Waals surface area (Å²) in [7, 11) is 0. The van der Waals surface area contributed by atoms with Gasteiger partial charge in [-0.1, -0.05) is 30.3 Å². The predicted octanol–water partition coefficient (Wildman–Crippen LogP) is 2.50. The zero-order valence-electron chi connectivity index (χ0n) is 14.0. The molecular formula is C18H14N4O3S2. The number of thioether (sulfide) groups is 1. The van der Waals surface area contributed by atoms with Gasteiger partial charge in [0.2, 0.25) is 4.77 Å². The molecule has 27 heavy (non-hydrogen) atoms. The van der Waals surface area contributed by atoms with E-state index in [-0.39, 0.29) is 22.1 Å². The first-order chi connectivity index (χ1) is 13.1. The Morgan fingerprint density at radius 2 is 2.00 bits per heavy atom. The number of rotatable bonds is 3. The van der Waals surface area contributed by atoms with Crippen molar-refractivity contribution in [2.75, 3.05) is 16.6 Å². The highest BCUT2D eigenvalue weighted by Crippen LogP contribution is 2.28. The Kier molecular flexibility index (Phi) is 4.54. The number of aromatic hydroxyl groups is 1. The summed E-state index contributed by atoms with van der Waals surface area (Å²) in [5.41, 5.74) is 0.169. The molecule has 1 aliphatic heterocycles. The molecule has 0 aliphatic carbocycles. The largest absolute Gasteiger partial charge is 0.507 e. The second kappa shape index (κ2) is 7.01. The van der Waals surface area contributed by atoms with Crippen LogP contribution < -0.4 is 10.6 Å². The average Bonchev–Trinajstić information content (AvgIpc) is 3.08. The third-order valence-electron chi connectivity index (χ3n) is 4.20. The zero-order chi connectivity index (χ0) is 19.0. The molecule has 0 unspecified atom stereocenters. The maximum absolute atomic E-state index is 12.8. The summed E-state index contributed by atoms with van der Waals surface area (Å²) in [5.74, 6) is 0.571. The van der Waals surface area contributed by atoms with Crippen molar-refractivity contribution in [2.24, 2.45) is 0 Å². The molecule has 4 rings (SSSR count). The standard InChI is InChI=1S/C18H14N4O3S2/c23-15-8-5-11-3-1-2-4-12(11)13(15)6-7-14-17(25)22(18(26)20-19-14)21-10-27-9-16(21)24/h1-8,23H,9-10H2,(H,20,26)/b7-6+. The van der Waals surface area contributed by atoms with Crippen LogP contribution in [0.3, 0.4) is 0 Å². The lowest BCUT2D eigenvalue weighted by atomic mass is 10.0. The van der Waals surface area contributed by atoms with Gasteiger partial charge in [0.05, 0.1) is 11.6 Å². The fraction of sp³-hybridized carbons (Fsp3) is 0.111. The Hall–Kier alpha value is -2.91. The van der Waals surface area contributed by atoms with E-state index in [2.05, 4.69) is 10.2 Å². The number of H-pyrrole nitrogens is 1. The number of carbonyl (C=O) groups is 1. The van der Waals surface area contributed by atoms with Gasteiger partial charge < -0.3 is 5.11 Å². The van der Waals surface area contributed by atoms with Crippen molar-refractivity contribution >= 4 is 52.8 Å². The van der Waals surface area contributed by atoms with E-state index < -0.39 is 5.56 Å². The third kappa shape index (κ3) is 3.15. The summed E-state index contributed by atoms with van der Waals surface area (Å²) < 4.78 is 1.19. The number of amides is 1. The van der Waals surface area contributed by atoms with E-state index in [0.717, 1.165) is 15.4 Å². The quantitative estimate of drug-likeness (QED) is 0.659. The molecule has 0 saturated carbocycles. The molecule has 1 saturated heterocycles. The highest BCUT2D eigenvalue weighted by atomic mass is 32.2. The Morgan fingerprint density at radius 3 is 2.78 bits per heavy atom. The highest BCUT2D eigenvalue weighted by Gasteiger charge is 2.25. The van der Waals surface area contributed by atoms with Gasteiger partial charge in [-0.25, -0.2) is 5.01 Å². The third-order valence-corrected chi connectivity index (χ3v) is 5.34. The van der Waals surface area contributed by atoms with Crippen LogP contribution in [0.5, 0.6) is 5.75 Å². The van der Waals surface area contributed by atoms with E-state index >= 15 is 0 Å². The lowest BCUT2D eigenvalue weighted by Gasteiger charge is -2.16. The first-order valence-corrected chi connectivity index (χ1v) is 9.61. The number of carbonyl (C=O) groups excluding carboxylic acids is 1. The van der Waals surface area contributed by atoms with Crippen LogP contribution in [0, 0.1) is 4.77 Å². The smallest absolute Gasteiger partial charge is 0.299 e. The number of nitrogens with one attached hydrogen (secondary N) is 1. The van der Waals surface area contributed by atoms with Crippen LogP contribution in [0.4, 0.5) is 0 Å². The fourth-order valence-corrected chi connectivity index (χ4v) is 3.96. The molecule has 2 aromatic carbocycles. The van der Waals surface area contributed by atoms with Gasteiger partial charge in [-0.2, -0.15) is 9.77 Å². The Bertz CT molecular complexity index is 1200. The molecule has 0 spiro atoms. The summed E-state index contributed by atoms with van der Waals surface area (Å²) in [6.07, 6.45) is 3.13.